The lowest BCUT2D eigenvalue weighted by molar-refractivity contribution is -0.173. The van der Waals surface area contributed by atoms with Crippen LogP contribution in [-0.4, -0.2) is 195 Å². The smallest absolute Gasteiger partial charge is 0.281 e. The van der Waals surface area contributed by atoms with E-state index >= 15 is 0 Å². The zero-order valence-corrected chi connectivity index (χ0v) is 57.4. The van der Waals surface area contributed by atoms with Crippen molar-refractivity contribution >= 4 is 60.9 Å². The first-order chi connectivity index (χ1) is 45.7. The third-order valence-electron chi connectivity index (χ3n) is 18.1. The van der Waals surface area contributed by atoms with Crippen LogP contribution in [0, 0.1) is 12.8 Å². The molecule has 2 aromatic heterocycles. The third-order valence-corrected chi connectivity index (χ3v) is 20.0. The Morgan fingerprint density at radius 2 is 1.45 bits per heavy atom. The second-order valence-corrected chi connectivity index (χ2v) is 28.1. The predicted octanol–water partition coefficient (Wildman–Crippen LogP) is 8.75. The van der Waals surface area contributed by atoms with Gasteiger partial charge in [-0.3, -0.25) is 34.2 Å². The van der Waals surface area contributed by atoms with Crippen molar-refractivity contribution in [1.29, 1.82) is 0 Å². The summed E-state index contributed by atoms with van der Waals surface area (Å²) in [7, 11) is 1.60. The number of hydrogen-bond acceptors (Lipinski definition) is 17. The molecule has 5 heterocycles. The number of aryl methyl sites for hydroxylation is 3. The Bertz CT molecular complexity index is 3850. The Morgan fingerprint density at radius 3 is 2.18 bits per heavy atom. The van der Waals surface area contributed by atoms with Gasteiger partial charge in [0.15, 0.2) is 12.1 Å². The van der Waals surface area contributed by atoms with E-state index in [4.69, 9.17) is 33.5 Å². The number of carbonyl (C=O) groups excluding carboxylic acids is 3. The highest BCUT2D eigenvalue weighted by Gasteiger charge is 2.33. The third kappa shape index (κ3) is 18.0. The summed E-state index contributed by atoms with van der Waals surface area (Å²) in [6, 6.07) is 34.4. The number of imide groups is 1. The molecule has 0 spiro atoms. The fraction of sp³-hybridized carbons (Fsp3) is 0.500. The number of piperidine rings is 1. The summed E-state index contributed by atoms with van der Waals surface area (Å²) in [5.41, 5.74) is 8.92. The van der Waals surface area contributed by atoms with Crippen LogP contribution >= 0.6 is 0 Å². The number of benzene rings is 5. The molecular weight excluding hydrogens is 1230 g/mol. The Morgan fingerprint density at radius 1 is 0.758 bits per heavy atom. The van der Waals surface area contributed by atoms with Crippen LogP contribution in [0.1, 0.15) is 98.2 Å². The van der Waals surface area contributed by atoms with Gasteiger partial charge in [0.25, 0.3) is 10.2 Å². The number of Topliss-reactive ketones (excluding diaryl/α,β-unsaturated/α-hetero) is 1. The van der Waals surface area contributed by atoms with Gasteiger partial charge in [-0.05, 0) is 108 Å². The van der Waals surface area contributed by atoms with E-state index in [0.717, 1.165) is 117 Å². The molecule has 7 aromatic rings. The molecule has 95 heavy (non-hydrogen) atoms. The molecule has 10 rings (SSSR count). The summed E-state index contributed by atoms with van der Waals surface area (Å²) in [5, 5.41) is 26.5. The molecule has 5 aromatic carbocycles. The lowest BCUT2D eigenvalue weighted by atomic mass is 9.95. The molecule has 3 aliphatic rings. The van der Waals surface area contributed by atoms with E-state index in [0.29, 0.717) is 122 Å². The predicted molar refractivity (Wildman–Crippen MR) is 369 cm³/mol. The van der Waals surface area contributed by atoms with Gasteiger partial charge >= 0.3 is 0 Å². The van der Waals surface area contributed by atoms with Crippen molar-refractivity contribution in [1.82, 2.24) is 38.1 Å². The molecule has 0 saturated carbocycles. The highest BCUT2D eigenvalue weighted by Crippen LogP contribution is 2.41. The number of aliphatic hydroxyl groups is 1. The minimum Gasteiger partial charge on any atom is -0.493 e. The van der Waals surface area contributed by atoms with Crippen molar-refractivity contribution in [3.8, 4) is 22.6 Å². The topological polar surface area (TPSA) is 224 Å². The van der Waals surface area contributed by atoms with Crippen LogP contribution in [0.2, 0.25) is 0 Å². The normalized spacial score (nSPS) is 16.7. The van der Waals surface area contributed by atoms with Crippen LogP contribution < -0.4 is 25.0 Å². The van der Waals surface area contributed by atoms with Gasteiger partial charge < -0.3 is 48.3 Å². The minimum absolute atomic E-state index is 0.0634. The number of amides is 2. The van der Waals surface area contributed by atoms with Crippen LogP contribution in [0.15, 0.2) is 103 Å². The lowest BCUT2D eigenvalue weighted by Gasteiger charge is -2.36. The SMILES string of the molecule is CC(=O)c1cccc(NCCOCCOCCN2CCN(CCn3c(C(O)OC(C)(C)C)c(CCCOc4cccc5ccccc45)c4cccc(-c5c(C)nn(C)c5COc5ccc(N6CCN(S(=O)(=O)N(C)C)CC6)cc5)c43)CC2)c1COCCC1CCC(=O)NC1=O. The summed E-state index contributed by atoms with van der Waals surface area (Å²) >= 11 is 0. The van der Waals surface area contributed by atoms with Gasteiger partial charge in [0.1, 0.15) is 18.1 Å². The maximum atomic E-state index is 12.8. The van der Waals surface area contributed by atoms with E-state index in [-0.39, 0.29) is 36.7 Å². The van der Waals surface area contributed by atoms with Crippen molar-refractivity contribution in [3.63, 3.8) is 0 Å². The van der Waals surface area contributed by atoms with E-state index in [9.17, 15) is 27.9 Å². The first kappa shape index (κ1) is 70.5. The van der Waals surface area contributed by atoms with Crippen molar-refractivity contribution < 1.29 is 56.3 Å². The van der Waals surface area contributed by atoms with Gasteiger partial charge in [-0.15, -0.1) is 0 Å². The first-order valence-corrected chi connectivity index (χ1v) is 34.8. The molecule has 23 heteroatoms. The molecule has 3 aliphatic heterocycles. The zero-order valence-electron chi connectivity index (χ0n) is 56.6. The number of anilines is 2. The molecule has 0 bridgehead atoms. The molecule has 512 valence electrons. The quantitative estimate of drug-likeness (QED) is 0.0151. The minimum atomic E-state index is -3.48. The highest BCUT2D eigenvalue weighted by molar-refractivity contribution is 7.86. The van der Waals surface area contributed by atoms with E-state index in [1.807, 2.05) is 100 Å². The molecule has 0 radical (unpaired) electrons. The van der Waals surface area contributed by atoms with Crippen LogP contribution in [0.4, 0.5) is 11.4 Å². The molecule has 3 fully saturated rings. The van der Waals surface area contributed by atoms with Crippen LogP contribution in [0.25, 0.3) is 32.8 Å². The van der Waals surface area contributed by atoms with Gasteiger partial charge in [-0.2, -0.15) is 22.1 Å². The molecule has 22 nitrogen and oxygen atoms in total. The van der Waals surface area contributed by atoms with Crippen LogP contribution in [0.3, 0.4) is 0 Å². The molecular formula is C72H96N10O12S. The van der Waals surface area contributed by atoms with Gasteiger partial charge in [0, 0.05) is 163 Å². The number of nitrogens with one attached hydrogen (secondary N) is 2. The van der Waals surface area contributed by atoms with E-state index < -0.39 is 22.1 Å². The van der Waals surface area contributed by atoms with Crippen molar-refractivity contribution in [3.05, 3.63) is 137 Å². The standard InChI is InChI=1S/C72H96N10O12S/c1-51-67(64(77(8)75-51)50-93-56-27-25-55(26-28-56)80-37-39-81(40-38-80)95(87,88)76(6)7)61-20-12-19-59-60(21-14-43-92-65-23-11-16-53-15-9-10-17-58(53)65)69(71(86)94-72(3,4)5)82(68(59)61)41-36-78-32-34-79(35-33-78)42-46-90-48-47-89-45-31-73-63-22-13-18-57(52(2)83)62(63)49-91-44-30-54-24-29-66(84)74-70(54)85/h9-13,15-20,22-23,25-28,54,71,73,86H,14,21,24,29-50H2,1-8H3,(H,74,84,85). The Balaban J connectivity index is 0.776. The molecule has 0 aliphatic carbocycles. The lowest BCUT2D eigenvalue weighted by Crippen LogP contribution is -2.51. The Kier molecular flexibility index (Phi) is 24.2. The average molecular weight is 1330 g/mol. The number of para-hydroxylation sites is 1. The summed E-state index contributed by atoms with van der Waals surface area (Å²) in [5.74, 6) is 0.714. The first-order valence-electron chi connectivity index (χ1n) is 33.4. The highest BCUT2D eigenvalue weighted by atomic mass is 32.2. The molecule has 2 amide bonds. The Labute approximate surface area is 559 Å². The maximum Gasteiger partial charge on any atom is 0.281 e. The number of fused-ring (bicyclic) bond motifs is 2. The van der Waals surface area contributed by atoms with Gasteiger partial charge in [-0.1, -0.05) is 66.7 Å². The number of carbonyl (C=O) groups is 3. The summed E-state index contributed by atoms with van der Waals surface area (Å²) in [4.78, 5) is 43.5. The number of ketones is 1. The zero-order chi connectivity index (χ0) is 67.2. The molecule has 3 N–H and O–H groups in total. The molecule has 3 saturated heterocycles. The molecule has 2 atom stereocenters. The van der Waals surface area contributed by atoms with Gasteiger partial charge in [-0.25, -0.2) is 0 Å². The summed E-state index contributed by atoms with van der Waals surface area (Å²) in [6.07, 6.45) is 1.41. The number of hydrogen-bond donors (Lipinski definition) is 3. The van der Waals surface area contributed by atoms with Gasteiger partial charge in [0.05, 0.1) is 67.8 Å². The van der Waals surface area contributed by atoms with E-state index in [1.165, 1.54) is 15.5 Å². The Hall–Kier alpha value is -7.29. The van der Waals surface area contributed by atoms with Crippen molar-refractivity contribution in [2.75, 3.05) is 136 Å². The number of piperazine rings is 2. The number of nitrogens with zero attached hydrogens (tertiary/aromatic N) is 8. The summed E-state index contributed by atoms with van der Waals surface area (Å²) in [6.45, 7) is 20.8. The van der Waals surface area contributed by atoms with E-state index in [2.05, 4.69) is 66.3 Å². The second kappa shape index (κ2) is 32.6. The monoisotopic (exact) mass is 1320 g/mol. The van der Waals surface area contributed by atoms with Crippen molar-refractivity contribution in [2.24, 2.45) is 13.0 Å². The maximum absolute atomic E-state index is 12.8. The summed E-state index contributed by atoms with van der Waals surface area (Å²) < 4.78 is 70.2. The number of rotatable bonds is 33. The fourth-order valence-electron chi connectivity index (χ4n) is 13.1. The average Bonchev–Trinajstić information content (AvgIpc) is 1.58. The van der Waals surface area contributed by atoms with Crippen molar-refractivity contribution in [2.45, 2.75) is 98.4 Å². The fourth-order valence-corrected chi connectivity index (χ4v) is 14.1. The van der Waals surface area contributed by atoms with Crippen LogP contribution in [0.5, 0.6) is 11.5 Å². The molecule has 2 unspecified atom stereocenters. The van der Waals surface area contributed by atoms with Crippen LogP contribution in [-0.2, 0) is 72.0 Å². The second-order valence-electron chi connectivity index (χ2n) is 25.9. The number of aliphatic hydroxyl groups excluding tert-OH is 1. The van der Waals surface area contributed by atoms with E-state index in [1.54, 1.807) is 20.2 Å². The largest absolute Gasteiger partial charge is 0.493 e. The number of ether oxygens (including phenoxy) is 6. The van der Waals surface area contributed by atoms with Gasteiger partial charge in [0.2, 0.25) is 11.8 Å². The number of aromatic nitrogens is 3.